The minimum Gasteiger partial charge on any atom is -0.377 e. The molecule has 2 aliphatic rings. The highest BCUT2D eigenvalue weighted by atomic mass is 15.0. The van der Waals surface area contributed by atoms with Crippen LogP contribution in [-0.4, -0.2) is 13.1 Å². The molecule has 2 aromatic carbocycles. The first-order chi connectivity index (χ1) is 10.4. The Kier molecular flexibility index (Phi) is 3.40. The van der Waals surface area contributed by atoms with Crippen LogP contribution in [-0.2, 0) is 0 Å². The summed E-state index contributed by atoms with van der Waals surface area (Å²) in [6.45, 7) is 2.32. The van der Waals surface area contributed by atoms with Crippen molar-refractivity contribution in [3.8, 4) is 0 Å². The summed E-state index contributed by atoms with van der Waals surface area (Å²) in [4.78, 5) is 0. The highest BCUT2D eigenvalue weighted by Gasteiger charge is 2.38. The zero-order chi connectivity index (χ0) is 14.1. The normalized spacial score (nSPS) is 25.3. The maximum Gasteiger partial charge on any atom is 0.0585 e. The summed E-state index contributed by atoms with van der Waals surface area (Å²) >= 11 is 0. The number of anilines is 1. The van der Waals surface area contributed by atoms with E-state index >= 15 is 0 Å². The minimum atomic E-state index is 0.423. The molecule has 2 aromatic rings. The molecule has 2 heteroatoms. The molecule has 2 nitrogen and oxygen atoms in total. The second-order valence-corrected chi connectivity index (χ2v) is 6.23. The highest BCUT2D eigenvalue weighted by molar-refractivity contribution is 5.61. The second kappa shape index (κ2) is 5.53. The van der Waals surface area contributed by atoms with Gasteiger partial charge in [-0.1, -0.05) is 48.5 Å². The van der Waals surface area contributed by atoms with Gasteiger partial charge in [-0.3, -0.25) is 0 Å². The van der Waals surface area contributed by atoms with Gasteiger partial charge < -0.3 is 10.6 Å². The van der Waals surface area contributed by atoms with Crippen LogP contribution < -0.4 is 10.6 Å². The third-order valence-corrected chi connectivity index (χ3v) is 5.04. The first-order valence-corrected chi connectivity index (χ1v) is 8.04. The molecule has 0 unspecified atom stereocenters. The van der Waals surface area contributed by atoms with Gasteiger partial charge in [0.1, 0.15) is 0 Å². The van der Waals surface area contributed by atoms with Crippen molar-refractivity contribution in [1.82, 2.24) is 5.32 Å². The molecule has 2 atom stereocenters. The Hall–Kier alpha value is -1.80. The number of hydrogen-bond acceptors (Lipinski definition) is 2. The molecule has 0 saturated carbocycles. The van der Waals surface area contributed by atoms with E-state index in [1.807, 2.05) is 0 Å². The average Bonchev–Trinajstić information content (AvgIpc) is 2.96. The molecule has 1 saturated heterocycles. The summed E-state index contributed by atoms with van der Waals surface area (Å²) in [5, 5.41) is 7.27. The van der Waals surface area contributed by atoms with Crippen LogP contribution in [0.1, 0.15) is 35.9 Å². The highest BCUT2D eigenvalue weighted by Crippen LogP contribution is 2.49. The Morgan fingerprint density at radius 1 is 0.810 bits per heavy atom. The maximum atomic E-state index is 3.78. The second-order valence-electron chi connectivity index (χ2n) is 6.23. The number of nitrogens with one attached hydrogen (secondary N) is 2. The van der Waals surface area contributed by atoms with Crippen molar-refractivity contribution < 1.29 is 0 Å². The van der Waals surface area contributed by atoms with E-state index in [1.165, 1.54) is 29.7 Å². The molecule has 2 heterocycles. The zero-order valence-electron chi connectivity index (χ0n) is 12.3. The number of benzene rings is 2. The molecular weight excluding hydrogens is 256 g/mol. The van der Waals surface area contributed by atoms with Crippen molar-refractivity contribution in [2.24, 2.45) is 5.92 Å². The lowest BCUT2D eigenvalue weighted by Gasteiger charge is -2.32. The van der Waals surface area contributed by atoms with Gasteiger partial charge in [0.2, 0.25) is 0 Å². The molecule has 21 heavy (non-hydrogen) atoms. The third-order valence-electron chi connectivity index (χ3n) is 5.04. The van der Waals surface area contributed by atoms with E-state index in [-0.39, 0.29) is 0 Å². The molecule has 0 aliphatic carbocycles. The van der Waals surface area contributed by atoms with Gasteiger partial charge in [0.15, 0.2) is 0 Å². The average molecular weight is 278 g/mol. The molecule has 0 aromatic heterocycles. The summed E-state index contributed by atoms with van der Waals surface area (Å²) in [6, 6.07) is 20.2. The maximum absolute atomic E-state index is 3.78. The molecule has 2 N–H and O–H groups in total. The van der Waals surface area contributed by atoms with Crippen LogP contribution in [0.2, 0.25) is 0 Å². The number of para-hydroxylation sites is 1. The van der Waals surface area contributed by atoms with Gasteiger partial charge in [-0.2, -0.15) is 0 Å². The fourth-order valence-electron chi connectivity index (χ4n) is 4.04. The molecule has 1 fully saturated rings. The van der Waals surface area contributed by atoms with Crippen LogP contribution in [0.3, 0.4) is 0 Å². The standard InChI is InChI=1S/C19H22N2/c1-2-6-15(7-3-1)19-18(14-10-12-20-13-11-14)16-8-4-5-9-17(16)21-19/h1-9,14,18-21H,10-13H2/t18-,19+/m1/s1. The fraction of sp³-hybridized carbons (Fsp3) is 0.368. The topological polar surface area (TPSA) is 24.1 Å². The van der Waals surface area contributed by atoms with Gasteiger partial charge in [0.25, 0.3) is 0 Å². The van der Waals surface area contributed by atoms with Crippen LogP contribution in [0, 0.1) is 5.92 Å². The Morgan fingerprint density at radius 2 is 1.52 bits per heavy atom. The van der Waals surface area contributed by atoms with Gasteiger partial charge in [-0.25, -0.2) is 0 Å². The van der Waals surface area contributed by atoms with Crippen molar-refractivity contribution in [3.63, 3.8) is 0 Å². The van der Waals surface area contributed by atoms with Gasteiger partial charge >= 0.3 is 0 Å². The lowest BCUT2D eigenvalue weighted by Crippen LogP contribution is -2.32. The van der Waals surface area contributed by atoms with Gasteiger partial charge in [0.05, 0.1) is 6.04 Å². The van der Waals surface area contributed by atoms with E-state index < -0.39 is 0 Å². The molecule has 0 spiro atoms. The number of fused-ring (bicyclic) bond motifs is 1. The Balaban J connectivity index is 1.73. The van der Waals surface area contributed by atoms with E-state index in [0.29, 0.717) is 12.0 Å². The van der Waals surface area contributed by atoms with Crippen LogP contribution in [0.15, 0.2) is 54.6 Å². The fourth-order valence-corrected chi connectivity index (χ4v) is 4.04. The molecule has 108 valence electrons. The van der Waals surface area contributed by atoms with E-state index in [9.17, 15) is 0 Å². The summed E-state index contributed by atoms with van der Waals surface area (Å²) in [5.41, 5.74) is 4.25. The van der Waals surface area contributed by atoms with Crippen LogP contribution in [0.25, 0.3) is 0 Å². The Morgan fingerprint density at radius 3 is 2.33 bits per heavy atom. The van der Waals surface area contributed by atoms with E-state index in [4.69, 9.17) is 0 Å². The molecule has 4 rings (SSSR count). The molecule has 2 aliphatic heterocycles. The zero-order valence-corrected chi connectivity index (χ0v) is 12.3. The van der Waals surface area contributed by atoms with Crippen molar-refractivity contribution in [1.29, 1.82) is 0 Å². The monoisotopic (exact) mass is 278 g/mol. The summed E-state index contributed by atoms with van der Waals surface area (Å²) in [7, 11) is 0. The molecule has 0 bridgehead atoms. The largest absolute Gasteiger partial charge is 0.377 e. The smallest absolute Gasteiger partial charge is 0.0585 e. The van der Waals surface area contributed by atoms with Crippen LogP contribution >= 0.6 is 0 Å². The van der Waals surface area contributed by atoms with E-state index in [2.05, 4.69) is 65.2 Å². The number of hydrogen-bond donors (Lipinski definition) is 2. The Bertz CT molecular complexity index is 602. The SMILES string of the molecule is c1ccc([C@@H]2Nc3ccccc3[C@H]2C2CCNCC2)cc1. The summed E-state index contributed by atoms with van der Waals surface area (Å²) in [6.07, 6.45) is 2.56. The molecule has 0 amide bonds. The summed E-state index contributed by atoms with van der Waals surface area (Å²) < 4.78 is 0. The van der Waals surface area contributed by atoms with E-state index in [0.717, 1.165) is 19.0 Å². The first-order valence-electron chi connectivity index (χ1n) is 8.04. The van der Waals surface area contributed by atoms with Crippen LogP contribution in [0.4, 0.5) is 5.69 Å². The summed E-state index contributed by atoms with van der Waals surface area (Å²) in [5.74, 6) is 1.37. The van der Waals surface area contributed by atoms with Gasteiger partial charge in [-0.15, -0.1) is 0 Å². The lowest BCUT2D eigenvalue weighted by molar-refractivity contribution is 0.305. The van der Waals surface area contributed by atoms with Crippen molar-refractivity contribution >= 4 is 5.69 Å². The number of rotatable bonds is 2. The Labute approximate surface area is 126 Å². The van der Waals surface area contributed by atoms with Crippen LogP contribution in [0.5, 0.6) is 0 Å². The van der Waals surface area contributed by atoms with Crippen molar-refractivity contribution in [3.05, 3.63) is 65.7 Å². The molecular formula is C19H22N2. The van der Waals surface area contributed by atoms with Crippen molar-refractivity contribution in [2.45, 2.75) is 24.8 Å². The van der Waals surface area contributed by atoms with Crippen molar-refractivity contribution in [2.75, 3.05) is 18.4 Å². The predicted octanol–water partition coefficient (Wildman–Crippen LogP) is 3.94. The van der Waals surface area contributed by atoms with E-state index in [1.54, 1.807) is 0 Å². The number of piperidine rings is 1. The minimum absolute atomic E-state index is 0.423. The lowest BCUT2D eigenvalue weighted by atomic mass is 9.76. The van der Waals surface area contributed by atoms with Gasteiger partial charge in [-0.05, 0) is 49.0 Å². The quantitative estimate of drug-likeness (QED) is 0.869. The molecule has 0 radical (unpaired) electrons. The van der Waals surface area contributed by atoms with Gasteiger partial charge in [0, 0.05) is 11.6 Å². The first kappa shape index (κ1) is 12.9. The third kappa shape index (κ3) is 2.34. The predicted molar refractivity (Wildman–Crippen MR) is 87.6 cm³/mol.